The van der Waals surface area contributed by atoms with Crippen molar-refractivity contribution in [2.45, 2.75) is 37.4 Å². The van der Waals surface area contributed by atoms with Gasteiger partial charge in [-0.2, -0.15) is 0 Å². The van der Waals surface area contributed by atoms with Crippen molar-refractivity contribution < 1.29 is 4.39 Å². The molecule has 0 atom stereocenters. The third-order valence-electron chi connectivity index (χ3n) is 4.64. The van der Waals surface area contributed by atoms with Crippen molar-refractivity contribution in [3.05, 3.63) is 33.0 Å². The Morgan fingerprint density at radius 3 is 2.77 bits per heavy atom. The topological polar surface area (TPSA) is 61.9 Å². The Morgan fingerprint density at radius 2 is 2.09 bits per heavy atom. The first-order chi connectivity index (χ1) is 10.5. The number of pyridine rings is 1. The van der Waals surface area contributed by atoms with Crippen LogP contribution in [0.2, 0.25) is 0 Å². The highest BCUT2D eigenvalue weighted by molar-refractivity contribution is 9.10. The molecule has 0 bridgehead atoms. The summed E-state index contributed by atoms with van der Waals surface area (Å²) >= 11 is 3.23. The van der Waals surface area contributed by atoms with Gasteiger partial charge in [-0.3, -0.25) is 4.79 Å². The maximum atomic E-state index is 15.3. The first-order valence-electron chi connectivity index (χ1n) is 7.54. The number of hydrogen-bond acceptors (Lipinski definition) is 4. The summed E-state index contributed by atoms with van der Waals surface area (Å²) in [4.78, 5) is 25.6. The molecule has 0 spiro atoms. The van der Waals surface area contributed by atoms with Crippen LogP contribution in [0.15, 0.2) is 21.7 Å². The Hall–Kier alpha value is -1.34. The second-order valence-corrected chi connectivity index (χ2v) is 6.98. The normalized spacial score (nSPS) is 22.1. The third kappa shape index (κ3) is 2.46. The largest absolute Gasteiger partial charge is 0.307 e. The molecule has 1 aliphatic heterocycles. The number of hydrogen-bond donors (Lipinski definition) is 1. The maximum absolute atomic E-state index is 15.3. The van der Waals surface area contributed by atoms with Crippen LogP contribution in [0.5, 0.6) is 0 Å². The van der Waals surface area contributed by atoms with Crippen LogP contribution in [0.25, 0.3) is 10.9 Å². The summed E-state index contributed by atoms with van der Waals surface area (Å²) in [5.74, 6) is 0.143. The van der Waals surface area contributed by atoms with Crippen LogP contribution >= 0.6 is 15.9 Å². The lowest BCUT2D eigenvalue weighted by Gasteiger charge is -2.35. The Bertz CT molecular complexity index is 781. The van der Waals surface area contributed by atoms with E-state index in [4.69, 9.17) is 0 Å². The molecule has 0 aromatic carbocycles. The summed E-state index contributed by atoms with van der Waals surface area (Å²) in [7, 11) is 0. The molecule has 116 valence electrons. The first-order valence-corrected chi connectivity index (χ1v) is 8.33. The molecule has 1 N–H and O–H groups in total. The molecular formula is C15H16BrFN4O. The number of aromatic amines is 1. The third-order valence-corrected chi connectivity index (χ3v) is 5.07. The highest BCUT2D eigenvalue weighted by Gasteiger charge is 2.42. The fourth-order valence-electron chi connectivity index (χ4n) is 3.15. The predicted octanol–water partition coefficient (Wildman–Crippen LogP) is 2.50. The zero-order valence-corrected chi connectivity index (χ0v) is 13.6. The van der Waals surface area contributed by atoms with Crippen molar-refractivity contribution in [3.63, 3.8) is 0 Å². The van der Waals surface area contributed by atoms with E-state index in [1.54, 1.807) is 6.07 Å². The minimum Gasteiger partial charge on any atom is -0.307 e. The van der Waals surface area contributed by atoms with E-state index in [1.807, 2.05) is 0 Å². The molecule has 1 saturated carbocycles. The molecule has 0 unspecified atom stereocenters. The number of fused-ring (bicyclic) bond motifs is 1. The fraction of sp³-hybridized carbons (Fsp3) is 0.533. The number of aromatic nitrogens is 3. The summed E-state index contributed by atoms with van der Waals surface area (Å²) in [6.07, 6.45) is 4.71. The molecule has 0 radical (unpaired) electrons. The maximum Gasteiger partial charge on any atom is 0.259 e. The lowest BCUT2D eigenvalue weighted by molar-refractivity contribution is 0.0451. The van der Waals surface area contributed by atoms with Crippen LogP contribution < -0.4 is 5.56 Å². The van der Waals surface area contributed by atoms with Gasteiger partial charge in [-0.05, 0) is 34.8 Å². The molecule has 2 aromatic rings. The van der Waals surface area contributed by atoms with Crippen molar-refractivity contribution in [2.75, 3.05) is 13.1 Å². The number of piperidine rings is 1. The van der Waals surface area contributed by atoms with Crippen LogP contribution in [-0.4, -0.2) is 39.0 Å². The molecule has 0 amide bonds. The average molecular weight is 367 g/mol. The molecule has 1 aliphatic carbocycles. The Morgan fingerprint density at radius 1 is 1.36 bits per heavy atom. The van der Waals surface area contributed by atoms with E-state index < -0.39 is 5.67 Å². The van der Waals surface area contributed by atoms with Gasteiger partial charge in [0.05, 0.1) is 17.1 Å². The summed E-state index contributed by atoms with van der Waals surface area (Å²) in [6, 6.07) is 2.25. The molecule has 22 heavy (non-hydrogen) atoms. The molecule has 2 aromatic heterocycles. The minimum absolute atomic E-state index is 0.143. The zero-order valence-electron chi connectivity index (χ0n) is 12.0. The Balaban J connectivity index is 1.68. The van der Waals surface area contributed by atoms with Gasteiger partial charge < -0.3 is 9.88 Å². The molecule has 2 aliphatic rings. The van der Waals surface area contributed by atoms with Gasteiger partial charge in [0, 0.05) is 32.0 Å². The van der Waals surface area contributed by atoms with Crippen LogP contribution in [0.1, 0.15) is 31.5 Å². The fourth-order valence-corrected chi connectivity index (χ4v) is 3.48. The van der Waals surface area contributed by atoms with Crippen molar-refractivity contribution in [3.8, 4) is 0 Å². The Kier molecular flexibility index (Phi) is 3.30. The number of halogens is 2. The van der Waals surface area contributed by atoms with Crippen molar-refractivity contribution >= 4 is 26.8 Å². The molecule has 4 rings (SSSR count). The summed E-state index contributed by atoms with van der Waals surface area (Å²) < 4.78 is 15.8. The van der Waals surface area contributed by atoms with Gasteiger partial charge >= 0.3 is 0 Å². The van der Waals surface area contributed by atoms with Gasteiger partial charge in [0.2, 0.25) is 0 Å². The van der Waals surface area contributed by atoms with Crippen LogP contribution in [0.3, 0.4) is 0 Å². The van der Waals surface area contributed by atoms with Gasteiger partial charge in [0.15, 0.2) is 5.67 Å². The summed E-state index contributed by atoms with van der Waals surface area (Å²) in [6.45, 7) is 1.45. The van der Waals surface area contributed by atoms with Gasteiger partial charge in [-0.15, -0.1) is 0 Å². The second-order valence-electron chi connectivity index (χ2n) is 6.17. The number of rotatable bonds is 2. The molecule has 3 heterocycles. The first kappa shape index (κ1) is 14.3. The lowest BCUT2D eigenvalue weighted by Crippen LogP contribution is -2.42. The highest BCUT2D eigenvalue weighted by atomic mass is 79.9. The summed E-state index contributed by atoms with van der Waals surface area (Å²) in [5, 5.41) is 0.421. The number of nitrogens with one attached hydrogen (secondary N) is 1. The van der Waals surface area contributed by atoms with E-state index in [9.17, 15) is 4.79 Å². The SMILES string of the molecule is O=c1[nH]c(C2(F)CCN(C3CC3)CC2)nc2cnc(Br)cc12. The molecule has 7 heteroatoms. The molecular weight excluding hydrogens is 351 g/mol. The number of H-pyrrole nitrogens is 1. The van der Waals surface area contributed by atoms with Gasteiger partial charge in [-0.1, -0.05) is 0 Å². The van der Waals surface area contributed by atoms with Gasteiger partial charge in [-0.25, -0.2) is 14.4 Å². The van der Waals surface area contributed by atoms with Crippen molar-refractivity contribution in [1.82, 2.24) is 19.9 Å². The zero-order chi connectivity index (χ0) is 15.3. The van der Waals surface area contributed by atoms with Crippen LogP contribution in [0.4, 0.5) is 4.39 Å². The average Bonchev–Trinajstić information content (AvgIpc) is 3.33. The second kappa shape index (κ2) is 5.09. The monoisotopic (exact) mass is 366 g/mol. The molecule has 5 nitrogen and oxygen atoms in total. The Labute approximate surface area is 135 Å². The van der Waals surface area contributed by atoms with Crippen LogP contribution in [-0.2, 0) is 5.67 Å². The van der Waals surface area contributed by atoms with E-state index in [0.717, 1.165) is 13.1 Å². The highest BCUT2D eigenvalue weighted by Crippen LogP contribution is 2.38. The number of alkyl halides is 1. The number of nitrogens with zero attached hydrogens (tertiary/aromatic N) is 3. The summed E-state index contributed by atoms with van der Waals surface area (Å²) in [5.41, 5.74) is -1.43. The molecule has 2 fully saturated rings. The smallest absolute Gasteiger partial charge is 0.259 e. The van der Waals surface area contributed by atoms with Gasteiger partial charge in [0.25, 0.3) is 5.56 Å². The predicted molar refractivity (Wildman–Crippen MR) is 84.5 cm³/mol. The van der Waals surface area contributed by atoms with Gasteiger partial charge in [0.1, 0.15) is 10.4 Å². The van der Waals surface area contributed by atoms with Crippen LogP contribution in [0, 0.1) is 0 Å². The van der Waals surface area contributed by atoms with E-state index in [1.165, 1.54) is 19.0 Å². The number of likely N-dealkylation sites (tertiary alicyclic amines) is 1. The standard InChI is InChI=1S/C15H16BrFN4O/c16-12-7-10-11(8-18-12)19-14(20-13(10)22)15(17)3-5-21(6-4-15)9-1-2-9/h7-9H,1-6H2,(H,19,20,22). The van der Waals surface area contributed by atoms with E-state index in [-0.39, 0.29) is 11.4 Å². The van der Waals surface area contributed by atoms with E-state index in [2.05, 4.69) is 35.8 Å². The van der Waals surface area contributed by atoms with Crippen molar-refractivity contribution in [2.24, 2.45) is 0 Å². The van der Waals surface area contributed by atoms with Crippen molar-refractivity contribution in [1.29, 1.82) is 0 Å². The van der Waals surface area contributed by atoms with E-state index in [0.29, 0.717) is 34.4 Å². The quantitative estimate of drug-likeness (QED) is 0.829. The molecule has 1 saturated heterocycles. The lowest BCUT2D eigenvalue weighted by atomic mass is 9.92. The minimum atomic E-state index is -1.55. The van der Waals surface area contributed by atoms with E-state index >= 15 is 4.39 Å².